The van der Waals surface area contributed by atoms with Crippen LogP contribution in [0.4, 0.5) is 0 Å². The van der Waals surface area contributed by atoms with Crippen molar-refractivity contribution in [1.29, 1.82) is 0 Å². The Morgan fingerprint density at radius 2 is 1.78 bits per heavy atom. The second kappa shape index (κ2) is 10.3. The Morgan fingerprint density at radius 1 is 1.17 bits per heavy atom. The molecule has 0 radical (unpaired) electrons. The van der Waals surface area contributed by atoms with Gasteiger partial charge in [-0.05, 0) is 38.5 Å². The fourth-order valence-corrected chi connectivity index (χ4v) is 1.70. The lowest BCUT2D eigenvalue weighted by atomic mass is 10.1. The lowest BCUT2D eigenvalue weighted by Gasteiger charge is -2.23. The minimum absolute atomic E-state index is 0. The van der Waals surface area contributed by atoms with Crippen LogP contribution in [-0.2, 0) is 11.3 Å². The number of hydrogen-bond donors (Lipinski definition) is 3. The first-order chi connectivity index (χ1) is 10.3. The second-order valence-electron chi connectivity index (χ2n) is 5.93. The highest BCUT2D eigenvalue weighted by molar-refractivity contribution is 14.0. The van der Waals surface area contributed by atoms with E-state index in [1.54, 1.807) is 14.2 Å². The van der Waals surface area contributed by atoms with E-state index >= 15 is 0 Å². The smallest absolute Gasteiger partial charge is 0.239 e. The maximum atomic E-state index is 11.8. The number of aliphatic imine (C=N–C) groups is 1. The first-order valence-electron chi connectivity index (χ1n) is 7.22. The summed E-state index contributed by atoms with van der Waals surface area (Å²) in [6.45, 7) is 6.75. The predicted octanol–water partition coefficient (Wildman–Crippen LogP) is 1.89. The second-order valence-corrected chi connectivity index (χ2v) is 5.93. The molecule has 1 aromatic carbocycles. The molecule has 0 aliphatic carbocycles. The van der Waals surface area contributed by atoms with Crippen molar-refractivity contribution < 1.29 is 9.53 Å². The van der Waals surface area contributed by atoms with Crippen LogP contribution in [0, 0.1) is 0 Å². The molecule has 130 valence electrons. The molecule has 0 bridgehead atoms. The zero-order valence-electron chi connectivity index (χ0n) is 14.4. The van der Waals surface area contributed by atoms with Crippen LogP contribution >= 0.6 is 24.0 Å². The highest BCUT2D eigenvalue weighted by Gasteiger charge is 2.12. The predicted molar refractivity (Wildman–Crippen MR) is 105 cm³/mol. The number of amides is 1. The van der Waals surface area contributed by atoms with E-state index in [9.17, 15) is 4.79 Å². The van der Waals surface area contributed by atoms with Crippen molar-refractivity contribution in [3.8, 4) is 5.75 Å². The average molecular weight is 434 g/mol. The lowest BCUT2D eigenvalue weighted by molar-refractivity contribution is -0.120. The van der Waals surface area contributed by atoms with E-state index in [2.05, 4.69) is 20.9 Å². The van der Waals surface area contributed by atoms with Gasteiger partial charge in [0.25, 0.3) is 0 Å². The number of nitrogens with one attached hydrogen (secondary N) is 3. The van der Waals surface area contributed by atoms with Gasteiger partial charge in [0.05, 0.1) is 13.7 Å². The minimum Gasteiger partial charge on any atom is -0.497 e. The van der Waals surface area contributed by atoms with Crippen molar-refractivity contribution in [3.05, 3.63) is 29.8 Å². The Labute approximate surface area is 155 Å². The van der Waals surface area contributed by atoms with Crippen molar-refractivity contribution in [2.24, 2.45) is 4.99 Å². The molecule has 0 aliphatic heterocycles. The quantitative estimate of drug-likeness (QED) is 0.376. The number of ether oxygens (including phenoxy) is 1. The molecule has 0 saturated heterocycles. The summed E-state index contributed by atoms with van der Waals surface area (Å²) in [6, 6.07) is 7.59. The number of methoxy groups -OCH3 is 1. The summed E-state index contributed by atoms with van der Waals surface area (Å²) in [7, 11) is 3.30. The molecule has 23 heavy (non-hydrogen) atoms. The maximum absolute atomic E-state index is 11.8. The normalized spacial score (nSPS) is 11.3. The van der Waals surface area contributed by atoms with E-state index in [1.165, 1.54) is 0 Å². The van der Waals surface area contributed by atoms with Crippen LogP contribution in [-0.4, -0.2) is 38.1 Å². The number of nitrogens with zero attached hydrogens (tertiary/aromatic N) is 1. The van der Waals surface area contributed by atoms with E-state index in [-0.39, 0.29) is 42.0 Å². The van der Waals surface area contributed by atoms with Crippen LogP contribution in [0.2, 0.25) is 0 Å². The number of benzene rings is 1. The summed E-state index contributed by atoms with van der Waals surface area (Å²) in [5.41, 5.74) is 0.910. The number of guanidine groups is 1. The van der Waals surface area contributed by atoms with Crippen molar-refractivity contribution in [3.63, 3.8) is 0 Å². The third-order valence-corrected chi connectivity index (χ3v) is 2.78. The van der Waals surface area contributed by atoms with Crippen LogP contribution in [0.15, 0.2) is 29.3 Å². The molecule has 1 amide bonds. The molecule has 0 atom stereocenters. The van der Waals surface area contributed by atoms with Gasteiger partial charge in [0.1, 0.15) is 5.75 Å². The average Bonchev–Trinajstić information content (AvgIpc) is 2.48. The molecule has 1 aromatic rings. The number of rotatable bonds is 5. The van der Waals surface area contributed by atoms with Crippen molar-refractivity contribution in [1.82, 2.24) is 16.0 Å². The van der Waals surface area contributed by atoms with Gasteiger partial charge < -0.3 is 20.7 Å². The standard InChI is InChI=1S/C16H26N4O2.HI/c1-16(2,3)20-15(17-4)19-11-14(21)18-10-12-6-8-13(22-5)9-7-12;/h6-9H,10-11H2,1-5H3,(H,18,21)(H2,17,19,20);1H. The number of carbonyl (C=O) groups excluding carboxylic acids is 1. The Kier molecular flexibility index (Phi) is 9.62. The molecule has 3 N–H and O–H groups in total. The summed E-state index contributed by atoms with van der Waals surface area (Å²) in [5.74, 6) is 1.31. The van der Waals surface area contributed by atoms with Crippen LogP contribution < -0.4 is 20.7 Å². The van der Waals surface area contributed by atoms with Gasteiger partial charge in [0.2, 0.25) is 5.91 Å². The number of halogens is 1. The first kappa shape index (κ1) is 21.5. The molecule has 0 saturated carbocycles. The topological polar surface area (TPSA) is 74.8 Å². The highest BCUT2D eigenvalue weighted by Crippen LogP contribution is 2.10. The zero-order chi connectivity index (χ0) is 16.6. The number of carbonyl (C=O) groups is 1. The van der Waals surface area contributed by atoms with E-state index in [0.717, 1.165) is 11.3 Å². The fraction of sp³-hybridized carbons (Fsp3) is 0.500. The third-order valence-electron chi connectivity index (χ3n) is 2.78. The van der Waals surface area contributed by atoms with Crippen molar-refractivity contribution in [2.75, 3.05) is 20.7 Å². The van der Waals surface area contributed by atoms with Gasteiger partial charge in [-0.3, -0.25) is 9.79 Å². The molecule has 0 unspecified atom stereocenters. The van der Waals surface area contributed by atoms with E-state index in [4.69, 9.17) is 4.74 Å². The molecule has 0 fully saturated rings. The zero-order valence-corrected chi connectivity index (χ0v) is 16.7. The van der Waals surface area contributed by atoms with Gasteiger partial charge in [-0.2, -0.15) is 0 Å². The molecule has 7 heteroatoms. The highest BCUT2D eigenvalue weighted by atomic mass is 127. The van der Waals surface area contributed by atoms with Gasteiger partial charge in [0, 0.05) is 19.1 Å². The summed E-state index contributed by atoms with van der Waals surface area (Å²) in [6.07, 6.45) is 0. The molecule has 6 nitrogen and oxygen atoms in total. The van der Waals surface area contributed by atoms with Gasteiger partial charge in [0.15, 0.2) is 5.96 Å². The van der Waals surface area contributed by atoms with Crippen LogP contribution in [0.5, 0.6) is 5.75 Å². The van der Waals surface area contributed by atoms with Crippen molar-refractivity contribution >= 4 is 35.8 Å². The number of hydrogen-bond acceptors (Lipinski definition) is 3. The molecule has 0 heterocycles. The largest absolute Gasteiger partial charge is 0.497 e. The molecular weight excluding hydrogens is 407 g/mol. The fourth-order valence-electron chi connectivity index (χ4n) is 1.70. The van der Waals surface area contributed by atoms with Crippen molar-refractivity contribution in [2.45, 2.75) is 32.9 Å². The molecule has 0 spiro atoms. The third kappa shape index (κ3) is 9.27. The van der Waals surface area contributed by atoms with Gasteiger partial charge in [-0.15, -0.1) is 24.0 Å². The Bertz CT molecular complexity index is 510. The van der Waals surface area contributed by atoms with Gasteiger partial charge >= 0.3 is 0 Å². The van der Waals surface area contributed by atoms with Crippen LogP contribution in [0.3, 0.4) is 0 Å². The summed E-state index contributed by atoms with van der Waals surface area (Å²) in [5, 5.41) is 9.03. The summed E-state index contributed by atoms with van der Waals surface area (Å²) >= 11 is 0. The molecular formula is C16H27IN4O2. The summed E-state index contributed by atoms with van der Waals surface area (Å²) in [4.78, 5) is 15.9. The van der Waals surface area contributed by atoms with Gasteiger partial charge in [-0.1, -0.05) is 12.1 Å². The molecule has 0 aliphatic rings. The van der Waals surface area contributed by atoms with Gasteiger partial charge in [-0.25, -0.2) is 0 Å². The molecule has 1 rings (SSSR count). The first-order valence-corrected chi connectivity index (χ1v) is 7.22. The Balaban J connectivity index is 0.00000484. The lowest BCUT2D eigenvalue weighted by Crippen LogP contribution is -2.49. The van der Waals surface area contributed by atoms with E-state index < -0.39 is 0 Å². The molecule has 0 aromatic heterocycles. The van der Waals surface area contributed by atoms with E-state index in [0.29, 0.717) is 12.5 Å². The Morgan fingerprint density at radius 3 is 2.26 bits per heavy atom. The monoisotopic (exact) mass is 434 g/mol. The van der Waals surface area contributed by atoms with Crippen LogP contribution in [0.1, 0.15) is 26.3 Å². The SMILES string of the molecule is CN=C(NCC(=O)NCc1ccc(OC)cc1)NC(C)(C)C.I. The van der Waals surface area contributed by atoms with Crippen LogP contribution in [0.25, 0.3) is 0 Å². The summed E-state index contributed by atoms with van der Waals surface area (Å²) < 4.78 is 5.09. The maximum Gasteiger partial charge on any atom is 0.239 e. The Hall–Kier alpha value is -1.51. The minimum atomic E-state index is -0.110. The van der Waals surface area contributed by atoms with E-state index in [1.807, 2.05) is 45.0 Å².